The van der Waals surface area contributed by atoms with Gasteiger partial charge in [0.25, 0.3) is 0 Å². The number of allylic oxidation sites excluding steroid dienone is 8. The third kappa shape index (κ3) is 5.49. The molecule has 4 aliphatic carbocycles. The lowest BCUT2D eigenvalue weighted by atomic mass is 9.86. The fourth-order valence-electron chi connectivity index (χ4n) is 7.60. The number of hydrogen-bond donors (Lipinski definition) is 0. The van der Waals surface area contributed by atoms with E-state index in [1.807, 2.05) is 0 Å². The maximum atomic E-state index is 2.56. The first-order chi connectivity index (χ1) is 22.8. The summed E-state index contributed by atoms with van der Waals surface area (Å²) in [6.45, 7) is 0. The average Bonchev–Trinajstić information content (AvgIpc) is 3.14. The third-order valence-corrected chi connectivity index (χ3v) is 9.88. The fourth-order valence-corrected chi connectivity index (χ4v) is 7.60. The standard InChI is InChI=1S/C44H40N2/c1-3-17-37(18-4-1)45(43-23-11-15-35-13-7-9-21-41(35)43)39-29-25-33(26-30-39)34-27-31-40(32-28-34)46(38-19-5-2-6-20-38)44-24-12-16-36-14-8-10-22-42(36)44/h1-11,13-15,17,19-25,27-31,33,37,40H,12,16,18,26,32H2. The van der Waals surface area contributed by atoms with E-state index in [9.17, 15) is 0 Å². The van der Waals surface area contributed by atoms with Crippen molar-refractivity contribution in [1.29, 1.82) is 0 Å². The van der Waals surface area contributed by atoms with Crippen molar-refractivity contribution in [2.75, 3.05) is 9.80 Å². The van der Waals surface area contributed by atoms with Crippen molar-refractivity contribution in [3.8, 4) is 0 Å². The summed E-state index contributed by atoms with van der Waals surface area (Å²) in [5.41, 5.74) is 9.39. The van der Waals surface area contributed by atoms with Crippen molar-refractivity contribution >= 4 is 27.8 Å². The van der Waals surface area contributed by atoms with Crippen molar-refractivity contribution in [2.45, 2.75) is 44.2 Å². The summed E-state index contributed by atoms with van der Waals surface area (Å²) in [6, 6.07) is 35.9. The van der Waals surface area contributed by atoms with Crippen molar-refractivity contribution in [3.63, 3.8) is 0 Å². The van der Waals surface area contributed by atoms with Gasteiger partial charge in [-0.3, -0.25) is 0 Å². The number of anilines is 2. The maximum absolute atomic E-state index is 2.56. The molecule has 2 nitrogen and oxygen atoms in total. The van der Waals surface area contributed by atoms with Gasteiger partial charge in [-0.15, -0.1) is 0 Å². The molecule has 4 aliphatic rings. The van der Waals surface area contributed by atoms with Gasteiger partial charge < -0.3 is 9.80 Å². The molecule has 2 heteroatoms. The summed E-state index contributed by atoms with van der Waals surface area (Å²) in [6.07, 6.45) is 31.2. The lowest BCUT2D eigenvalue weighted by molar-refractivity contribution is 0.712. The fraction of sp³-hybridized carbons (Fsp3) is 0.182. The van der Waals surface area contributed by atoms with E-state index < -0.39 is 0 Å². The van der Waals surface area contributed by atoms with E-state index in [1.165, 1.54) is 50.2 Å². The second-order valence-corrected chi connectivity index (χ2v) is 12.7. The number of rotatable bonds is 7. The normalized spacial score (nSPS) is 21.7. The SMILES string of the molecule is C1=CCC(N(C2=CCC(C3=CCC(N(C4=CCCc5ccccc54)c4ccccc4)C=C3)C=C2)c2cccc3ccccc23)C=C1. The lowest BCUT2D eigenvalue weighted by Crippen LogP contribution is -2.34. The van der Waals surface area contributed by atoms with E-state index in [4.69, 9.17) is 0 Å². The minimum Gasteiger partial charge on any atom is -0.334 e. The van der Waals surface area contributed by atoms with Crippen molar-refractivity contribution in [3.05, 3.63) is 186 Å². The largest absolute Gasteiger partial charge is 0.334 e. The van der Waals surface area contributed by atoms with Gasteiger partial charge in [-0.1, -0.05) is 140 Å². The Morgan fingerprint density at radius 2 is 1.41 bits per heavy atom. The van der Waals surface area contributed by atoms with E-state index in [2.05, 4.69) is 174 Å². The number of hydrogen-bond acceptors (Lipinski definition) is 2. The Labute approximate surface area is 273 Å². The van der Waals surface area contributed by atoms with Gasteiger partial charge in [0, 0.05) is 39.6 Å². The zero-order chi connectivity index (χ0) is 30.7. The molecule has 226 valence electrons. The minimum absolute atomic E-state index is 0.273. The Kier molecular flexibility index (Phi) is 7.86. The first-order valence-electron chi connectivity index (χ1n) is 16.8. The van der Waals surface area contributed by atoms with Gasteiger partial charge in [0.15, 0.2) is 0 Å². The highest BCUT2D eigenvalue weighted by molar-refractivity contribution is 5.95. The van der Waals surface area contributed by atoms with Crippen LogP contribution in [0, 0.1) is 5.92 Å². The predicted octanol–water partition coefficient (Wildman–Crippen LogP) is 10.7. The van der Waals surface area contributed by atoms with Gasteiger partial charge >= 0.3 is 0 Å². The van der Waals surface area contributed by atoms with Gasteiger partial charge in [-0.2, -0.15) is 0 Å². The van der Waals surface area contributed by atoms with Crippen molar-refractivity contribution in [1.82, 2.24) is 0 Å². The highest BCUT2D eigenvalue weighted by Crippen LogP contribution is 2.39. The molecule has 46 heavy (non-hydrogen) atoms. The lowest BCUT2D eigenvalue weighted by Gasteiger charge is -2.38. The summed E-state index contributed by atoms with van der Waals surface area (Å²) in [5, 5.41) is 2.58. The Balaban J connectivity index is 1.04. The first kappa shape index (κ1) is 28.4. The Morgan fingerprint density at radius 1 is 0.587 bits per heavy atom. The molecule has 8 rings (SSSR count). The molecule has 3 atom stereocenters. The molecule has 0 spiro atoms. The number of para-hydroxylation sites is 1. The van der Waals surface area contributed by atoms with E-state index in [-0.39, 0.29) is 6.04 Å². The highest BCUT2D eigenvalue weighted by atomic mass is 15.2. The Morgan fingerprint density at radius 3 is 2.24 bits per heavy atom. The molecule has 0 amide bonds. The molecule has 3 unspecified atom stereocenters. The molecule has 0 heterocycles. The van der Waals surface area contributed by atoms with Crippen LogP contribution >= 0.6 is 0 Å². The van der Waals surface area contributed by atoms with Gasteiger partial charge in [0.2, 0.25) is 0 Å². The monoisotopic (exact) mass is 596 g/mol. The van der Waals surface area contributed by atoms with Crippen molar-refractivity contribution in [2.24, 2.45) is 5.92 Å². The molecule has 0 radical (unpaired) electrons. The summed E-state index contributed by atoms with van der Waals surface area (Å²) < 4.78 is 0. The third-order valence-electron chi connectivity index (χ3n) is 9.88. The van der Waals surface area contributed by atoms with Crippen LogP contribution in [0.2, 0.25) is 0 Å². The predicted molar refractivity (Wildman–Crippen MR) is 196 cm³/mol. The second kappa shape index (κ2) is 12.7. The maximum Gasteiger partial charge on any atom is 0.0560 e. The highest BCUT2D eigenvalue weighted by Gasteiger charge is 2.28. The van der Waals surface area contributed by atoms with Crippen LogP contribution in [0.3, 0.4) is 0 Å². The molecule has 0 bridgehead atoms. The van der Waals surface area contributed by atoms with E-state index >= 15 is 0 Å². The van der Waals surface area contributed by atoms with Gasteiger partial charge in [-0.25, -0.2) is 0 Å². The summed E-state index contributed by atoms with van der Waals surface area (Å²) in [5.74, 6) is 0.386. The molecule has 4 aromatic rings. The summed E-state index contributed by atoms with van der Waals surface area (Å²) in [7, 11) is 0. The van der Waals surface area contributed by atoms with Crippen LogP contribution in [0.4, 0.5) is 11.4 Å². The van der Waals surface area contributed by atoms with E-state index in [0.29, 0.717) is 12.0 Å². The molecule has 0 saturated heterocycles. The van der Waals surface area contributed by atoms with Gasteiger partial charge in [-0.05, 0) is 72.9 Å². The molecule has 0 N–H and O–H groups in total. The molecular formula is C44H40N2. The minimum atomic E-state index is 0.273. The van der Waals surface area contributed by atoms with Crippen LogP contribution in [0.15, 0.2) is 175 Å². The molecular weight excluding hydrogens is 556 g/mol. The number of nitrogens with zero attached hydrogens (tertiary/aromatic N) is 2. The molecule has 4 aromatic carbocycles. The Bertz CT molecular complexity index is 1940. The Hall–Kier alpha value is -5.08. The van der Waals surface area contributed by atoms with Crippen LogP contribution in [0.25, 0.3) is 16.5 Å². The van der Waals surface area contributed by atoms with E-state index in [1.54, 1.807) is 0 Å². The quantitative estimate of drug-likeness (QED) is 0.209. The molecule has 0 aromatic heterocycles. The van der Waals surface area contributed by atoms with Crippen LogP contribution in [0.5, 0.6) is 0 Å². The molecule has 0 saturated carbocycles. The number of benzene rings is 4. The number of fused-ring (bicyclic) bond motifs is 2. The molecule has 0 aliphatic heterocycles. The van der Waals surface area contributed by atoms with Crippen molar-refractivity contribution < 1.29 is 0 Å². The topological polar surface area (TPSA) is 6.48 Å². The van der Waals surface area contributed by atoms with Crippen LogP contribution in [0.1, 0.15) is 36.8 Å². The smallest absolute Gasteiger partial charge is 0.0560 e. The number of aryl methyl sites for hydroxylation is 1. The zero-order valence-corrected chi connectivity index (χ0v) is 26.3. The second-order valence-electron chi connectivity index (χ2n) is 12.7. The zero-order valence-electron chi connectivity index (χ0n) is 26.3. The van der Waals surface area contributed by atoms with Crippen LogP contribution in [-0.2, 0) is 6.42 Å². The van der Waals surface area contributed by atoms with Crippen LogP contribution < -0.4 is 9.80 Å². The van der Waals surface area contributed by atoms with Crippen LogP contribution in [-0.4, -0.2) is 12.1 Å². The van der Waals surface area contributed by atoms with Gasteiger partial charge in [0.1, 0.15) is 0 Å². The first-order valence-corrected chi connectivity index (χ1v) is 16.8. The summed E-state index contributed by atoms with van der Waals surface area (Å²) in [4.78, 5) is 5.11. The molecule has 0 fully saturated rings. The van der Waals surface area contributed by atoms with Gasteiger partial charge in [0.05, 0.1) is 12.1 Å². The average molecular weight is 597 g/mol. The summed E-state index contributed by atoms with van der Waals surface area (Å²) >= 11 is 0. The van der Waals surface area contributed by atoms with E-state index in [0.717, 1.165) is 32.1 Å².